The van der Waals surface area contributed by atoms with Gasteiger partial charge in [-0.3, -0.25) is 0 Å². The molecule has 1 aromatic rings. The van der Waals surface area contributed by atoms with E-state index in [1.54, 1.807) is 0 Å². The molecule has 1 aliphatic heterocycles. The molecule has 2 heterocycles. The smallest absolute Gasteiger partial charge is 0.121 e. The molecule has 5 heteroatoms. The van der Waals surface area contributed by atoms with Gasteiger partial charge in [0, 0.05) is 12.6 Å². The van der Waals surface area contributed by atoms with E-state index in [4.69, 9.17) is 0 Å². The van der Waals surface area contributed by atoms with E-state index in [9.17, 15) is 0 Å². The molecule has 0 aromatic carbocycles. The highest BCUT2D eigenvalue weighted by atomic mass is 16.6. The maximum atomic E-state index is 4.66. The molecule has 1 fully saturated rings. The van der Waals surface area contributed by atoms with Gasteiger partial charge in [-0.25, -0.2) is 4.63 Å². The Labute approximate surface area is 109 Å². The van der Waals surface area contributed by atoms with Crippen LogP contribution < -0.4 is 5.32 Å². The Morgan fingerprint density at radius 1 is 1.39 bits per heavy atom. The minimum atomic E-state index is 0.755. The number of hydrogen-bond donors (Lipinski definition) is 1. The van der Waals surface area contributed by atoms with Crippen molar-refractivity contribution in [3.05, 3.63) is 11.4 Å². The third-order valence-corrected chi connectivity index (χ3v) is 3.78. The topological polar surface area (TPSA) is 54.2 Å². The van der Waals surface area contributed by atoms with E-state index in [2.05, 4.69) is 32.1 Å². The van der Waals surface area contributed by atoms with Gasteiger partial charge in [0.05, 0.1) is 0 Å². The van der Waals surface area contributed by atoms with Gasteiger partial charge < -0.3 is 10.2 Å². The van der Waals surface area contributed by atoms with Crippen LogP contribution in [0.5, 0.6) is 0 Å². The maximum absolute atomic E-state index is 4.66. The summed E-state index contributed by atoms with van der Waals surface area (Å²) in [4.78, 5) is 2.61. The normalized spacial score (nSPS) is 21.3. The molecule has 18 heavy (non-hydrogen) atoms. The summed E-state index contributed by atoms with van der Waals surface area (Å²) >= 11 is 0. The molecule has 0 amide bonds. The fraction of sp³-hybridized carbons (Fsp3) is 0.846. The van der Waals surface area contributed by atoms with Crippen molar-refractivity contribution < 1.29 is 4.63 Å². The lowest BCUT2D eigenvalue weighted by Crippen LogP contribution is -2.38. The van der Waals surface area contributed by atoms with Crippen molar-refractivity contribution in [2.75, 3.05) is 19.6 Å². The zero-order valence-corrected chi connectivity index (χ0v) is 11.5. The van der Waals surface area contributed by atoms with Crippen molar-refractivity contribution in [1.29, 1.82) is 0 Å². The van der Waals surface area contributed by atoms with Crippen LogP contribution in [0.4, 0.5) is 0 Å². The summed E-state index contributed by atoms with van der Waals surface area (Å²) in [6, 6.07) is 0.765. The second kappa shape index (κ2) is 6.85. The number of nitrogens with one attached hydrogen (secondary N) is 1. The summed E-state index contributed by atoms with van der Waals surface area (Å²) in [5.41, 5.74) is 1.80. The minimum Gasteiger partial charge on any atom is -0.311 e. The number of nitrogens with zero attached hydrogens (tertiary/aromatic N) is 3. The molecule has 1 saturated heterocycles. The SMILES string of the molecule is Cc1nonc1CNCCCN1CCCCC1C. The first-order valence-corrected chi connectivity index (χ1v) is 7.00. The molecule has 1 atom stereocenters. The van der Waals surface area contributed by atoms with Crippen LogP contribution in [0.25, 0.3) is 0 Å². The third-order valence-electron chi connectivity index (χ3n) is 3.78. The highest BCUT2D eigenvalue weighted by Gasteiger charge is 2.16. The van der Waals surface area contributed by atoms with Gasteiger partial charge in [-0.1, -0.05) is 16.7 Å². The van der Waals surface area contributed by atoms with Crippen molar-refractivity contribution in [3.8, 4) is 0 Å². The average molecular weight is 252 g/mol. The first kappa shape index (κ1) is 13.5. The predicted molar refractivity (Wildman–Crippen MR) is 70.2 cm³/mol. The molecule has 1 unspecified atom stereocenters. The van der Waals surface area contributed by atoms with E-state index in [1.165, 1.54) is 38.8 Å². The summed E-state index contributed by atoms with van der Waals surface area (Å²) in [6.45, 7) is 8.51. The van der Waals surface area contributed by atoms with Crippen LogP contribution in [0.2, 0.25) is 0 Å². The fourth-order valence-electron chi connectivity index (χ4n) is 2.51. The Kier molecular flexibility index (Phi) is 5.13. The largest absolute Gasteiger partial charge is 0.311 e. The Hall–Kier alpha value is -0.940. The van der Waals surface area contributed by atoms with Crippen molar-refractivity contribution in [3.63, 3.8) is 0 Å². The fourth-order valence-corrected chi connectivity index (χ4v) is 2.51. The first-order valence-electron chi connectivity index (χ1n) is 7.00. The van der Waals surface area contributed by atoms with Crippen LogP contribution in [-0.4, -0.2) is 40.9 Å². The zero-order valence-electron chi connectivity index (χ0n) is 11.5. The Balaban J connectivity index is 1.57. The summed E-state index contributed by atoms with van der Waals surface area (Å²) in [5.74, 6) is 0. The Morgan fingerprint density at radius 3 is 3.00 bits per heavy atom. The molecule has 1 aromatic heterocycles. The zero-order chi connectivity index (χ0) is 12.8. The monoisotopic (exact) mass is 252 g/mol. The number of likely N-dealkylation sites (tertiary alicyclic amines) is 1. The van der Waals surface area contributed by atoms with Gasteiger partial charge in [0.2, 0.25) is 0 Å². The Morgan fingerprint density at radius 2 is 2.28 bits per heavy atom. The van der Waals surface area contributed by atoms with Crippen LogP contribution in [0.1, 0.15) is 44.0 Å². The van der Waals surface area contributed by atoms with Gasteiger partial charge in [-0.2, -0.15) is 0 Å². The van der Waals surface area contributed by atoms with Gasteiger partial charge in [-0.15, -0.1) is 0 Å². The summed E-state index contributed by atoms with van der Waals surface area (Å²) < 4.78 is 4.66. The summed E-state index contributed by atoms with van der Waals surface area (Å²) in [5, 5.41) is 11.0. The van der Waals surface area contributed by atoms with Crippen LogP contribution in [-0.2, 0) is 6.54 Å². The van der Waals surface area contributed by atoms with E-state index in [0.29, 0.717) is 0 Å². The van der Waals surface area contributed by atoms with Gasteiger partial charge in [0.15, 0.2) is 0 Å². The van der Waals surface area contributed by atoms with E-state index in [1.807, 2.05) is 6.92 Å². The number of aryl methyl sites for hydroxylation is 1. The summed E-state index contributed by atoms with van der Waals surface area (Å²) in [7, 11) is 0. The van der Waals surface area contributed by atoms with Crippen molar-refractivity contribution >= 4 is 0 Å². The van der Waals surface area contributed by atoms with Crippen LogP contribution >= 0.6 is 0 Å². The predicted octanol–water partition coefficient (Wildman–Crippen LogP) is 1.73. The van der Waals surface area contributed by atoms with Crippen molar-refractivity contribution in [2.24, 2.45) is 0 Å². The lowest BCUT2D eigenvalue weighted by Gasteiger charge is -2.33. The molecule has 102 valence electrons. The number of aromatic nitrogens is 2. The molecule has 1 aliphatic rings. The van der Waals surface area contributed by atoms with Crippen molar-refractivity contribution in [1.82, 2.24) is 20.5 Å². The lowest BCUT2D eigenvalue weighted by molar-refractivity contribution is 0.159. The summed E-state index contributed by atoms with van der Waals surface area (Å²) in [6.07, 6.45) is 5.31. The van der Waals surface area contributed by atoms with E-state index in [-0.39, 0.29) is 0 Å². The van der Waals surface area contributed by atoms with Crippen molar-refractivity contribution in [2.45, 2.75) is 52.1 Å². The molecule has 0 spiro atoms. The molecule has 5 nitrogen and oxygen atoms in total. The van der Waals surface area contributed by atoms with Crippen LogP contribution in [0, 0.1) is 6.92 Å². The maximum Gasteiger partial charge on any atom is 0.121 e. The van der Waals surface area contributed by atoms with Gasteiger partial charge in [0.25, 0.3) is 0 Å². The van der Waals surface area contributed by atoms with Gasteiger partial charge in [0.1, 0.15) is 11.4 Å². The van der Waals surface area contributed by atoms with Gasteiger partial charge >= 0.3 is 0 Å². The quantitative estimate of drug-likeness (QED) is 0.781. The van der Waals surface area contributed by atoms with Crippen LogP contribution in [0.3, 0.4) is 0 Å². The number of hydrogen-bond acceptors (Lipinski definition) is 5. The molecule has 0 radical (unpaired) electrons. The molecule has 1 N–H and O–H groups in total. The lowest BCUT2D eigenvalue weighted by atomic mass is 10.0. The standard InChI is InChI=1S/C13H24N4O/c1-11-6-3-4-8-17(11)9-5-7-14-10-13-12(2)15-18-16-13/h11,14H,3-10H2,1-2H3. The molecule has 0 bridgehead atoms. The third kappa shape index (κ3) is 3.78. The van der Waals surface area contributed by atoms with E-state index >= 15 is 0 Å². The molecular formula is C13H24N4O. The molecular weight excluding hydrogens is 228 g/mol. The second-order valence-electron chi connectivity index (χ2n) is 5.21. The number of rotatable bonds is 6. The first-order chi connectivity index (χ1) is 8.77. The highest BCUT2D eigenvalue weighted by Crippen LogP contribution is 2.16. The highest BCUT2D eigenvalue weighted by molar-refractivity contribution is 5.03. The van der Waals surface area contributed by atoms with Gasteiger partial charge in [-0.05, 0) is 52.7 Å². The van der Waals surface area contributed by atoms with E-state index in [0.717, 1.165) is 30.5 Å². The Bertz CT molecular complexity index is 353. The van der Waals surface area contributed by atoms with E-state index < -0.39 is 0 Å². The molecule has 0 saturated carbocycles. The molecule has 0 aliphatic carbocycles. The second-order valence-corrected chi connectivity index (χ2v) is 5.21. The minimum absolute atomic E-state index is 0.755. The molecule has 2 rings (SSSR count). The average Bonchev–Trinajstić information content (AvgIpc) is 2.77. The van der Waals surface area contributed by atoms with Crippen LogP contribution in [0.15, 0.2) is 4.63 Å². The number of piperidine rings is 1.